The van der Waals surface area contributed by atoms with Crippen LogP contribution >= 0.6 is 0 Å². The lowest BCUT2D eigenvalue weighted by atomic mass is 9.97. The van der Waals surface area contributed by atoms with Gasteiger partial charge in [0.1, 0.15) is 5.56 Å². The Morgan fingerprint density at radius 1 is 1.32 bits per heavy atom. The van der Waals surface area contributed by atoms with E-state index < -0.39 is 0 Å². The third-order valence-electron chi connectivity index (χ3n) is 4.77. The Morgan fingerprint density at radius 3 is 3.00 bits per heavy atom. The maximum absolute atomic E-state index is 12.2. The molecule has 1 aromatic rings. The number of pyridine rings is 1. The molecule has 0 spiro atoms. The first-order chi connectivity index (χ1) is 9.16. The van der Waals surface area contributed by atoms with Gasteiger partial charge in [-0.1, -0.05) is 12.8 Å². The molecule has 1 amide bonds. The van der Waals surface area contributed by atoms with Gasteiger partial charge in [0.2, 0.25) is 0 Å². The topological polar surface area (TPSA) is 51.1 Å². The maximum Gasteiger partial charge on any atom is 0.263 e. The highest BCUT2D eigenvalue weighted by Gasteiger charge is 2.39. The summed E-state index contributed by atoms with van der Waals surface area (Å²) >= 11 is 0. The highest BCUT2D eigenvalue weighted by atomic mass is 16.2. The monoisotopic (exact) mass is 260 g/mol. The molecule has 102 valence electrons. The van der Waals surface area contributed by atoms with Crippen molar-refractivity contribution in [2.45, 2.75) is 38.1 Å². The molecule has 0 saturated heterocycles. The molecule has 2 aliphatic rings. The summed E-state index contributed by atoms with van der Waals surface area (Å²) in [6.07, 6.45) is 7.78. The van der Waals surface area contributed by atoms with E-state index in [1.807, 2.05) is 0 Å². The van der Waals surface area contributed by atoms with Crippen LogP contribution in [0, 0.1) is 11.8 Å². The number of fused-ring (bicyclic) bond motifs is 1. The zero-order chi connectivity index (χ0) is 13.4. The van der Waals surface area contributed by atoms with Crippen LogP contribution in [0.25, 0.3) is 0 Å². The van der Waals surface area contributed by atoms with Crippen molar-refractivity contribution >= 4 is 5.91 Å². The second-order valence-electron chi connectivity index (χ2n) is 5.85. The minimum absolute atomic E-state index is 0.209. The van der Waals surface area contributed by atoms with Crippen LogP contribution in [0.2, 0.25) is 0 Å². The summed E-state index contributed by atoms with van der Waals surface area (Å²) in [6.45, 7) is 0. The van der Waals surface area contributed by atoms with E-state index in [1.54, 1.807) is 25.4 Å². The molecule has 1 aromatic heterocycles. The Kier molecular flexibility index (Phi) is 3.17. The van der Waals surface area contributed by atoms with Crippen LogP contribution in [0.15, 0.2) is 23.1 Å². The quantitative estimate of drug-likeness (QED) is 0.879. The molecule has 19 heavy (non-hydrogen) atoms. The predicted molar refractivity (Wildman–Crippen MR) is 73.0 cm³/mol. The van der Waals surface area contributed by atoms with Gasteiger partial charge in [0.05, 0.1) is 0 Å². The summed E-state index contributed by atoms with van der Waals surface area (Å²) in [7, 11) is 1.67. The second-order valence-corrected chi connectivity index (χ2v) is 5.85. The highest BCUT2D eigenvalue weighted by Crippen LogP contribution is 2.43. The SMILES string of the molecule is Cn1cccc(C(=O)N[C@H]2CC[C@@H]3CCC[C@@H]32)c1=O. The fourth-order valence-corrected chi connectivity index (χ4v) is 3.76. The van der Waals surface area contributed by atoms with Gasteiger partial charge in [0.25, 0.3) is 11.5 Å². The molecule has 0 bridgehead atoms. The molecule has 2 fully saturated rings. The molecule has 0 aliphatic heterocycles. The van der Waals surface area contributed by atoms with Crippen LogP contribution < -0.4 is 10.9 Å². The van der Waals surface area contributed by atoms with E-state index in [0.717, 1.165) is 12.3 Å². The van der Waals surface area contributed by atoms with Gasteiger partial charge in [-0.25, -0.2) is 0 Å². The molecule has 2 saturated carbocycles. The number of carbonyl (C=O) groups excluding carboxylic acids is 1. The van der Waals surface area contributed by atoms with Crippen LogP contribution in [0.1, 0.15) is 42.5 Å². The maximum atomic E-state index is 12.2. The summed E-state index contributed by atoms with van der Waals surface area (Å²) in [6, 6.07) is 3.62. The molecule has 1 heterocycles. The second kappa shape index (κ2) is 4.83. The van der Waals surface area contributed by atoms with E-state index >= 15 is 0 Å². The molecule has 3 atom stereocenters. The third-order valence-corrected chi connectivity index (χ3v) is 4.77. The zero-order valence-electron chi connectivity index (χ0n) is 11.3. The molecule has 2 aliphatic carbocycles. The van der Waals surface area contributed by atoms with E-state index in [4.69, 9.17) is 0 Å². The lowest BCUT2D eigenvalue weighted by Gasteiger charge is -2.19. The number of rotatable bonds is 2. The van der Waals surface area contributed by atoms with Crippen molar-refractivity contribution in [3.8, 4) is 0 Å². The largest absolute Gasteiger partial charge is 0.349 e. The lowest BCUT2D eigenvalue weighted by Crippen LogP contribution is -2.40. The number of nitrogens with zero attached hydrogens (tertiary/aromatic N) is 1. The molecule has 4 nitrogen and oxygen atoms in total. The van der Waals surface area contributed by atoms with Gasteiger partial charge < -0.3 is 9.88 Å². The number of aromatic nitrogens is 1. The fraction of sp³-hybridized carbons (Fsp3) is 0.600. The minimum atomic E-state index is -0.221. The summed E-state index contributed by atoms with van der Waals surface area (Å²) in [5, 5.41) is 3.08. The van der Waals surface area contributed by atoms with E-state index in [9.17, 15) is 9.59 Å². The van der Waals surface area contributed by atoms with Crippen molar-refractivity contribution in [1.29, 1.82) is 0 Å². The van der Waals surface area contributed by atoms with Crippen molar-refractivity contribution in [3.05, 3.63) is 34.2 Å². The first-order valence-electron chi connectivity index (χ1n) is 7.13. The van der Waals surface area contributed by atoms with E-state index in [1.165, 1.54) is 30.3 Å². The van der Waals surface area contributed by atoms with Gasteiger partial charge in [-0.05, 0) is 43.2 Å². The summed E-state index contributed by atoms with van der Waals surface area (Å²) in [5.41, 5.74) is 0.0346. The predicted octanol–water partition coefficient (Wildman–Crippen LogP) is 1.69. The Bertz CT molecular complexity index is 549. The van der Waals surface area contributed by atoms with Gasteiger partial charge in [-0.2, -0.15) is 0 Å². The Labute approximate surface area is 112 Å². The Balaban J connectivity index is 1.75. The summed E-state index contributed by atoms with van der Waals surface area (Å²) in [4.78, 5) is 24.2. The fourth-order valence-electron chi connectivity index (χ4n) is 3.76. The molecule has 3 rings (SSSR count). The number of aryl methyl sites for hydroxylation is 1. The third kappa shape index (κ3) is 2.20. The molecular weight excluding hydrogens is 240 g/mol. The molecule has 0 radical (unpaired) electrons. The van der Waals surface area contributed by atoms with E-state index in [0.29, 0.717) is 5.92 Å². The molecular formula is C15H20N2O2. The summed E-state index contributed by atoms with van der Waals surface area (Å²) < 4.78 is 1.45. The van der Waals surface area contributed by atoms with Crippen molar-refractivity contribution in [1.82, 2.24) is 9.88 Å². The standard InChI is InChI=1S/C15H20N2O2/c1-17-9-3-6-12(15(17)19)14(18)16-13-8-7-10-4-2-5-11(10)13/h3,6,9-11,13H,2,4-5,7-8H2,1H3,(H,16,18)/t10-,11-,13-/m0/s1. The van der Waals surface area contributed by atoms with Crippen LogP contribution in [0.5, 0.6) is 0 Å². The van der Waals surface area contributed by atoms with Gasteiger partial charge in [-0.3, -0.25) is 9.59 Å². The van der Waals surface area contributed by atoms with Crippen molar-refractivity contribution in [3.63, 3.8) is 0 Å². The van der Waals surface area contributed by atoms with Gasteiger partial charge >= 0.3 is 0 Å². The highest BCUT2D eigenvalue weighted by molar-refractivity contribution is 5.94. The summed E-state index contributed by atoms with van der Waals surface area (Å²) in [5.74, 6) is 1.22. The zero-order valence-corrected chi connectivity index (χ0v) is 11.3. The first kappa shape index (κ1) is 12.5. The molecule has 0 unspecified atom stereocenters. The average molecular weight is 260 g/mol. The smallest absolute Gasteiger partial charge is 0.263 e. The van der Waals surface area contributed by atoms with Crippen molar-refractivity contribution < 1.29 is 4.79 Å². The average Bonchev–Trinajstić information content (AvgIpc) is 2.97. The van der Waals surface area contributed by atoms with E-state index in [2.05, 4.69) is 5.32 Å². The van der Waals surface area contributed by atoms with Gasteiger partial charge in [-0.15, -0.1) is 0 Å². The Morgan fingerprint density at radius 2 is 2.16 bits per heavy atom. The molecule has 4 heteroatoms. The van der Waals surface area contributed by atoms with Gasteiger partial charge in [0.15, 0.2) is 0 Å². The minimum Gasteiger partial charge on any atom is -0.349 e. The first-order valence-corrected chi connectivity index (χ1v) is 7.13. The van der Waals surface area contributed by atoms with Crippen LogP contribution in [0.4, 0.5) is 0 Å². The molecule has 0 aromatic carbocycles. The number of carbonyl (C=O) groups is 1. The number of nitrogens with one attached hydrogen (secondary N) is 1. The van der Waals surface area contributed by atoms with Crippen molar-refractivity contribution in [2.75, 3.05) is 0 Å². The number of hydrogen-bond donors (Lipinski definition) is 1. The lowest BCUT2D eigenvalue weighted by molar-refractivity contribution is 0.0924. The number of amides is 1. The van der Waals surface area contributed by atoms with Crippen LogP contribution in [-0.2, 0) is 7.05 Å². The van der Waals surface area contributed by atoms with Gasteiger partial charge in [0, 0.05) is 19.3 Å². The van der Waals surface area contributed by atoms with Crippen LogP contribution in [-0.4, -0.2) is 16.5 Å². The Hall–Kier alpha value is -1.58. The normalized spacial score (nSPS) is 29.2. The molecule has 1 N–H and O–H groups in total. The van der Waals surface area contributed by atoms with Crippen molar-refractivity contribution in [2.24, 2.45) is 18.9 Å². The van der Waals surface area contributed by atoms with E-state index in [-0.39, 0.29) is 23.1 Å². The van der Waals surface area contributed by atoms with Crippen LogP contribution in [0.3, 0.4) is 0 Å². The number of hydrogen-bond acceptors (Lipinski definition) is 2.